The normalized spacial score (nSPS) is 15.5. The smallest absolute Gasteiger partial charge is 0.333 e. The van der Waals surface area contributed by atoms with E-state index in [0.29, 0.717) is 23.0 Å². The fourth-order valence-corrected chi connectivity index (χ4v) is 11.5. The van der Waals surface area contributed by atoms with Gasteiger partial charge in [-0.1, -0.05) is 131 Å². The number of hydrogen-bond acceptors (Lipinski definition) is 5. The van der Waals surface area contributed by atoms with Crippen molar-refractivity contribution in [1.29, 1.82) is 0 Å². The van der Waals surface area contributed by atoms with Gasteiger partial charge in [-0.05, 0) is 148 Å². The third kappa shape index (κ3) is 6.08. The van der Waals surface area contributed by atoms with Crippen LogP contribution in [0.4, 0.5) is 45.5 Å². The molecule has 324 valence electrons. The molecule has 0 saturated heterocycles. The van der Waals surface area contributed by atoms with E-state index < -0.39 is 0 Å². The Kier molecular flexibility index (Phi) is 8.67. The number of aryl methyl sites for hydroxylation is 1. The van der Waals surface area contributed by atoms with Crippen LogP contribution in [-0.4, -0.2) is 6.85 Å². The summed E-state index contributed by atoms with van der Waals surface area (Å²) in [5, 5.41) is 2.40. The monoisotopic (exact) mass is 867 g/mol. The second kappa shape index (κ2) is 14.7. The highest BCUT2D eigenvalue weighted by Gasteiger charge is 2.47. The average Bonchev–Trinajstić information content (AvgIpc) is 3.35. The maximum absolute atomic E-state index is 6.69. The van der Waals surface area contributed by atoms with Crippen molar-refractivity contribution in [1.82, 2.24) is 0 Å². The third-order valence-electron chi connectivity index (χ3n) is 15.0. The minimum atomic E-state index is -0.199. The van der Waals surface area contributed by atoms with E-state index in [-0.39, 0.29) is 17.7 Å². The summed E-state index contributed by atoms with van der Waals surface area (Å²) in [7, 11) is 0. The highest BCUT2D eigenvalue weighted by Crippen LogP contribution is 2.56. The first kappa shape index (κ1) is 39.7. The summed E-state index contributed by atoms with van der Waals surface area (Å²) in [4.78, 5) is 7.58. The quantitative estimate of drug-likeness (QED) is 0.161. The fourth-order valence-electron chi connectivity index (χ4n) is 11.5. The maximum atomic E-state index is 6.69. The lowest BCUT2D eigenvalue weighted by molar-refractivity contribution is 0.332. The third-order valence-corrected chi connectivity index (χ3v) is 15.0. The van der Waals surface area contributed by atoms with Crippen LogP contribution in [0.3, 0.4) is 0 Å². The molecule has 0 spiro atoms. The van der Waals surface area contributed by atoms with Crippen LogP contribution in [0.15, 0.2) is 188 Å². The van der Waals surface area contributed by atoms with Gasteiger partial charge in [0.15, 0.2) is 23.0 Å². The van der Waals surface area contributed by atoms with Gasteiger partial charge >= 0.3 is 6.85 Å². The van der Waals surface area contributed by atoms with Gasteiger partial charge in [-0.2, -0.15) is 0 Å². The Hall–Kier alpha value is -7.70. The largest absolute Gasteiger partial charge is 0.449 e. The molecule has 5 nitrogen and oxygen atoms in total. The van der Waals surface area contributed by atoms with E-state index in [1.807, 2.05) is 24.3 Å². The molecule has 0 N–H and O–H groups in total. The van der Waals surface area contributed by atoms with E-state index in [9.17, 15) is 0 Å². The molecule has 9 aromatic carbocycles. The van der Waals surface area contributed by atoms with Crippen molar-refractivity contribution < 1.29 is 9.47 Å². The van der Waals surface area contributed by atoms with Crippen LogP contribution in [0.25, 0.3) is 21.9 Å². The maximum Gasteiger partial charge on any atom is 0.333 e. The molecular formula is C61H50BN3O2. The van der Waals surface area contributed by atoms with Gasteiger partial charge in [0.05, 0.1) is 5.69 Å². The molecule has 3 aliphatic heterocycles. The Labute approximate surface area is 393 Å². The highest BCUT2D eigenvalue weighted by atomic mass is 16.6. The van der Waals surface area contributed by atoms with Gasteiger partial charge in [0.2, 0.25) is 0 Å². The molecule has 0 amide bonds. The molecule has 0 unspecified atom stereocenters. The molecule has 1 aliphatic carbocycles. The van der Waals surface area contributed by atoms with Gasteiger partial charge in [0.25, 0.3) is 0 Å². The van der Waals surface area contributed by atoms with Crippen LogP contribution in [0.2, 0.25) is 0 Å². The predicted octanol–water partition coefficient (Wildman–Crippen LogP) is 15.6. The lowest BCUT2D eigenvalue weighted by Crippen LogP contribution is -2.61. The van der Waals surface area contributed by atoms with Gasteiger partial charge in [0, 0.05) is 56.8 Å². The summed E-state index contributed by atoms with van der Waals surface area (Å²) < 4.78 is 13.4. The van der Waals surface area contributed by atoms with Crippen molar-refractivity contribution in [3.8, 4) is 34.1 Å². The van der Waals surface area contributed by atoms with Gasteiger partial charge in [-0.25, -0.2) is 0 Å². The van der Waals surface area contributed by atoms with Crippen molar-refractivity contribution in [3.63, 3.8) is 0 Å². The van der Waals surface area contributed by atoms with E-state index in [1.165, 1.54) is 55.3 Å². The second-order valence-corrected chi connectivity index (χ2v) is 20.0. The molecule has 9 aromatic rings. The van der Waals surface area contributed by atoms with Crippen molar-refractivity contribution >= 4 is 74.0 Å². The van der Waals surface area contributed by atoms with Gasteiger partial charge in [0.1, 0.15) is 0 Å². The van der Waals surface area contributed by atoms with Gasteiger partial charge < -0.3 is 24.1 Å². The molecule has 0 saturated carbocycles. The van der Waals surface area contributed by atoms with Crippen molar-refractivity contribution in [2.45, 2.75) is 58.3 Å². The van der Waals surface area contributed by atoms with Crippen LogP contribution in [0, 0.1) is 6.92 Å². The Morgan fingerprint density at radius 2 is 1.07 bits per heavy atom. The summed E-state index contributed by atoms with van der Waals surface area (Å²) in [5.41, 5.74) is 18.1. The zero-order valence-electron chi connectivity index (χ0n) is 38.5. The molecule has 13 rings (SSSR count). The zero-order chi connectivity index (χ0) is 45.2. The zero-order valence-corrected chi connectivity index (χ0v) is 38.5. The van der Waals surface area contributed by atoms with E-state index in [2.05, 4.69) is 213 Å². The Bertz CT molecular complexity index is 3420. The van der Waals surface area contributed by atoms with Crippen molar-refractivity contribution in [3.05, 3.63) is 205 Å². The number of fused-ring (bicyclic) bond motifs is 9. The Morgan fingerprint density at radius 1 is 0.493 bits per heavy atom. The van der Waals surface area contributed by atoms with Crippen LogP contribution in [-0.2, 0) is 10.8 Å². The van der Waals surface area contributed by atoms with Crippen LogP contribution < -0.4 is 35.0 Å². The minimum absolute atomic E-state index is 0.00867. The molecule has 6 heteroatoms. The molecule has 3 heterocycles. The minimum Gasteiger partial charge on any atom is -0.449 e. The predicted molar refractivity (Wildman–Crippen MR) is 279 cm³/mol. The lowest BCUT2D eigenvalue weighted by Gasteiger charge is -2.47. The molecule has 0 aromatic heterocycles. The molecule has 0 radical (unpaired) electrons. The van der Waals surface area contributed by atoms with Gasteiger partial charge in [-0.3, -0.25) is 0 Å². The van der Waals surface area contributed by atoms with E-state index in [0.717, 1.165) is 52.5 Å². The van der Waals surface area contributed by atoms with Crippen LogP contribution in [0.5, 0.6) is 23.0 Å². The number of nitrogens with zero attached hydrogens (tertiary/aromatic N) is 3. The first-order valence-corrected chi connectivity index (χ1v) is 23.7. The Balaban J connectivity index is 1.15. The molecule has 0 bridgehead atoms. The Morgan fingerprint density at radius 3 is 1.75 bits per heavy atom. The topological polar surface area (TPSA) is 28.2 Å². The number of para-hydroxylation sites is 5. The van der Waals surface area contributed by atoms with Crippen molar-refractivity contribution in [2.24, 2.45) is 0 Å². The van der Waals surface area contributed by atoms with E-state index in [4.69, 9.17) is 9.47 Å². The number of hydrogen-bond donors (Lipinski definition) is 0. The first-order chi connectivity index (χ1) is 32.6. The molecule has 67 heavy (non-hydrogen) atoms. The van der Waals surface area contributed by atoms with Gasteiger partial charge in [-0.15, -0.1) is 0 Å². The summed E-state index contributed by atoms with van der Waals surface area (Å²) in [6, 6.07) is 68.4. The number of ether oxygens (including phenoxy) is 2. The second-order valence-electron chi connectivity index (χ2n) is 20.0. The number of rotatable bonds is 5. The number of benzene rings is 9. The molecule has 4 aliphatic rings. The van der Waals surface area contributed by atoms with Crippen LogP contribution in [0.1, 0.15) is 57.2 Å². The van der Waals surface area contributed by atoms with Crippen molar-refractivity contribution in [2.75, 3.05) is 14.6 Å². The summed E-state index contributed by atoms with van der Waals surface area (Å²) >= 11 is 0. The summed E-state index contributed by atoms with van der Waals surface area (Å²) in [5.74, 6) is 2.84. The highest BCUT2D eigenvalue weighted by molar-refractivity contribution is 6.94. The lowest BCUT2D eigenvalue weighted by atomic mass is 9.43. The van der Waals surface area contributed by atoms with E-state index in [1.54, 1.807) is 0 Å². The molecular weight excluding hydrogens is 818 g/mol. The number of anilines is 8. The molecule has 0 atom stereocenters. The SMILES string of the molecule is Cc1cc2c(cc1N1c3cc(N(c4ccccc4)c4ccccc4)ccc3B3c4c(cc5ccccc5c41)-c1cc4c(cc1N3c1ccccc1)Oc1ccccc1O4)C(C)(C)CCC2(C)C. The molecule has 0 fully saturated rings. The average molecular weight is 868 g/mol. The standard InChI is InChI=1S/C61H50BN3O2/c1-39-33-48-49(61(4,5)32-31-60(48,2)3)37-51(39)64-53-35-44(63(41-20-9-6-10-21-41)42-22-11-7-12-23-42)29-30-50(53)62-58-47(34-40-19-15-16-26-45(40)59(58)64)46-36-56-57(67-55-28-18-17-27-54(55)66-56)38-52(46)65(62)43-24-13-8-14-25-43/h6-30,33-38H,31-32H2,1-5H3. The summed E-state index contributed by atoms with van der Waals surface area (Å²) in [6.07, 6.45) is 2.29. The van der Waals surface area contributed by atoms with E-state index >= 15 is 0 Å². The fraction of sp³-hybridized carbons (Fsp3) is 0.148. The summed E-state index contributed by atoms with van der Waals surface area (Å²) in [6.45, 7) is 11.9. The first-order valence-electron chi connectivity index (χ1n) is 23.7. The van der Waals surface area contributed by atoms with Crippen LogP contribution >= 0.6 is 0 Å².